The van der Waals surface area contributed by atoms with Gasteiger partial charge < -0.3 is 4.90 Å². The van der Waals surface area contributed by atoms with Crippen LogP contribution < -0.4 is 4.90 Å². The Labute approximate surface area is 90.9 Å². The Morgan fingerprint density at radius 3 is 2.73 bits per heavy atom. The van der Waals surface area contributed by atoms with E-state index in [0.717, 1.165) is 6.54 Å². The van der Waals surface area contributed by atoms with Crippen molar-refractivity contribution in [3.05, 3.63) is 29.8 Å². The highest BCUT2D eigenvalue weighted by molar-refractivity contribution is 5.81. The number of ketones is 1. The van der Waals surface area contributed by atoms with Crippen LogP contribution in [0, 0.1) is 6.92 Å². The number of para-hydroxylation sites is 1. The molecule has 0 N–H and O–H groups in total. The summed E-state index contributed by atoms with van der Waals surface area (Å²) in [6.07, 6.45) is 1.38. The topological polar surface area (TPSA) is 20.3 Å². The number of Topliss-reactive ketones (excluding diaryl/α,β-unsaturated/α-hetero) is 1. The zero-order chi connectivity index (χ0) is 10.8. The van der Waals surface area contributed by atoms with Gasteiger partial charge in [-0.1, -0.05) is 18.2 Å². The van der Waals surface area contributed by atoms with E-state index in [9.17, 15) is 4.79 Å². The minimum Gasteiger partial charge on any atom is -0.368 e. The van der Waals surface area contributed by atoms with Crippen molar-refractivity contribution in [1.82, 2.24) is 0 Å². The monoisotopic (exact) mass is 203 g/mol. The first kappa shape index (κ1) is 10.2. The van der Waals surface area contributed by atoms with Crippen molar-refractivity contribution in [2.24, 2.45) is 0 Å². The van der Waals surface area contributed by atoms with E-state index in [1.165, 1.54) is 11.3 Å². The lowest BCUT2D eigenvalue weighted by Crippen LogP contribution is -2.41. The molecular formula is C13H17NO. The fraction of sp³-hybridized carbons (Fsp3) is 0.462. The summed E-state index contributed by atoms with van der Waals surface area (Å²) in [7, 11) is 0. The van der Waals surface area contributed by atoms with Crippen molar-refractivity contribution in [2.45, 2.75) is 32.7 Å². The van der Waals surface area contributed by atoms with Crippen molar-refractivity contribution in [3.8, 4) is 0 Å². The molecule has 80 valence electrons. The summed E-state index contributed by atoms with van der Waals surface area (Å²) in [6.45, 7) is 5.12. The maximum absolute atomic E-state index is 11.3. The van der Waals surface area contributed by atoms with Gasteiger partial charge in [-0.15, -0.1) is 0 Å². The van der Waals surface area contributed by atoms with Crippen LogP contribution >= 0.6 is 0 Å². The number of aryl methyl sites for hydroxylation is 1. The molecule has 0 amide bonds. The highest BCUT2D eigenvalue weighted by Gasteiger charge is 2.24. The molecule has 1 aliphatic rings. The minimum atomic E-state index is 0.340. The Morgan fingerprint density at radius 2 is 2.07 bits per heavy atom. The molecule has 2 rings (SSSR count). The standard InChI is InChI=1S/C13H17NO/c1-10-5-3-4-6-13(10)14-8-7-12(15)9-11(14)2/h3-6,11H,7-9H2,1-2H3. The number of carbonyl (C=O) groups excluding carboxylic acids is 1. The number of hydrogen-bond acceptors (Lipinski definition) is 2. The highest BCUT2D eigenvalue weighted by atomic mass is 16.1. The molecule has 2 heteroatoms. The second-order valence-corrected chi connectivity index (χ2v) is 4.32. The lowest BCUT2D eigenvalue weighted by molar-refractivity contribution is -0.120. The largest absolute Gasteiger partial charge is 0.368 e. The van der Waals surface area contributed by atoms with Crippen molar-refractivity contribution >= 4 is 11.5 Å². The summed E-state index contributed by atoms with van der Waals surface area (Å²) < 4.78 is 0. The van der Waals surface area contributed by atoms with Gasteiger partial charge in [-0.2, -0.15) is 0 Å². The molecule has 1 unspecified atom stereocenters. The zero-order valence-corrected chi connectivity index (χ0v) is 9.36. The molecule has 0 saturated carbocycles. The summed E-state index contributed by atoms with van der Waals surface area (Å²) in [4.78, 5) is 13.7. The molecule has 1 aromatic rings. The molecule has 0 spiro atoms. The number of rotatable bonds is 1. The minimum absolute atomic E-state index is 0.340. The van der Waals surface area contributed by atoms with Gasteiger partial charge in [-0.3, -0.25) is 4.79 Å². The SMILES string of the molecule is Cc1ccccc1N1CCC(=O)CC1C. The number of nitrogens with zero attached hydrogens (tertiary/aromatic N) is 1. The summed E-state index contributed by atoms with van der Waals surface area (Å²) in [5, 5.41) is 0. The van der Waals surface area contributed by atoms with Crippen molar-refractivity contribution in [3.63, 3.8) is 0 Å². The predicted molar refractivity (Wildman–Crippen MR) is 62.2 cm³/mol. The Bertz CT molecular complexity index is 373. The molecule has 1 atom stereocenters. The average Bonchev–Trinajstić information content (AvgIpc) is 2.20. The van der Waals surface area contributed by atoms with Crippen LogP contribution in [-0.2, 0) is 4.79 Å². The Hall–Kier alpha value is -1.31. The van der Waals surface area contributed by atoms with E-state index < -0.39 is 0 Å². The number of anilines is 1. The average molecular weight is 203 g/mol. The molecule has 1 fully saturated rings. The highest BCUT2D eigenvalue weighted by Crippen LogP contribution is 2.25. The van der Waals surface area contributed by atoms with E-state index in [2.05, 4.69) is 43.0 Å². The van der Waals surface area contributed by atoms with Gasteiger partial charge in [-0.25, -0.2) is 0 Å². The molecule has 15 heavy (non-hydrogen) atoms. The molecule has 0 bridgehead atoms. The van der Waals surface area contributed by atoms with Crippen LogP contribution in [0.1, 0.15) is 25.3 Å². The third-order valence-corrected chi connectivity index (χ3v) is 3.11. The Morgan fingerprint density at radius 1 is 1.33 bits per heavy atom. The lowest BCUT2D eigenvalue weighted by atomic mass is 10.0. The summed E-state index contributed by atoms with van der Waals surface area (Å²) in [5.74, 6) is 0.396. The van der Waals surface area contributed by atoms with Crippen molar-refractivity contribution in [2.75, 3.05) is 11.4 Å². The van der Waals surface area contributed by atoms with E-state index in [-0.39, 0.29) is 0 Å². The van der Waals surface area contributed by atoms with Gasteiger partial charge in [0.25, 0.3) is 0 Å². The van der Waals surface area contributed by atoms with Gasteiger partial charge in [-0.05, 0) is 25.5 Å². The van der Waals surface area contributed by atoms with Gasteiger partial charge in [0.2, 0.25) is 0 Å². The lowest BCUT2D eigenvalue weighted by Gasteiger charge is -2.35. The third kappa shape index (κ3) is 2.04. The van der Waals surface area contributed by atoms with Gasteiger partial charge in [0, 0.05) is 31.1 Å². The predicted octanol–water partition coefficient (Wildman–Crippen LogP) is 2.55. The molecule has 2 nitrogen and oxygen atoms in total. The third-order valence-electron chi connectivity index (χ3n) is 3.11. The number of carbonyl (C=O) groups is 1. The van der Waals surface area contributed by atoms with E-state index >= 15 is 0 Å². The van der Waals surface area contributed by atoms with Crippen LogP contribution in [0.5, 0.6) is 0 Å². The number of benzene rings is 1. The molecule has 1 heterocycles. The second kappa shape index (κ2) is 4.05. The first-order chi connectivity index (χ1) is 7.18. The van der Waals surface area contributed by atoms with Crippen LogP contribution in [0.4, 0.5) is 5.69 Å². The molecular weight excluding hydrogens is 186 g/mol. The number of piperidine rings is 1. The Balaban J connectivity index is 2.24. The summed E-state index contributed by atoms with van der Waals surface area (Å²) in [6, 6.07) is 8.72. The zero-order valence-electron chi connectivity index (χ0n) is 9.36. The maximum atomic E-state index is 11.3. The quantitative estimate of drug-likeness (QED) is 0.699. The van der Waals surface area contributed by atoms with Crippen LogP contribution in [0.3, 0.4) is 0 Å². The second-order valence-electron chi connectivity index (χ2n) is 4.32. The Kier molecular flexibility index (Phi) is 2.76. The van der Waals surface area contributed by atoms with E-state index in [1.807, 2.05) is 0 Å². The maximum Gasteiger partial charge on any atom is 0.136 e. The first-order valence-corrected chi connectivity index (χ1v) is 5.52. The van der Waals surface area contributed by atoms with Gasteiger partial charge in [0.1, 0.15) is 5.78 Å². The molecule has 1 saturated heterocycles. The first-order valence-electron chi connectivity index (χ1n) is 5.52. The van der Waals surface area contributed by atoms with Crippen LogP contribution in [-0.4, -0.2) is 18.4 Å². The van der Waals surface area contributed by atoms with Crippen molar-refractivity contribution in [1.29, 1.82) is 0 Å². The molecule has 1 aromatic carbocycles. The van der Waals surface area contributed by atoms with Crippen LogP contribution in [0.25, 0.3) is 0 Å². The molecule has 0 aromatic heterocycles. The smallest absolute Gasteiger partial charge is 0.136 e. The van der Waals surface area contributed by atoms with Gasteiger partial charge in [0.15, 0.2) is 0 Å². The molecule has 0 radical (unpaired) electrons. The van der Waals surface area contributed by atoms with Crippen LogP contribution in [0.15, 0.2) is 24.3 Å². The fourth-order valence-electron chi connectivity index (χ4n) is 2.25. The normalized spacial score (nSPS) is 21.9. The molecule has 0 aliphatic carbocycles. The van der Waals surface area contributed by atoms with Gasteiger partial charge in [0.05, 0.1) is 0 Å². The van der Waals surface area contributed by atoms with E-state index in [4.69, 9.17) is 0 Å². The summed E-state index contributed by atoms with van der Waals surface area (Å²) >= 11 is 0. The van der Waals surface area contributed by atoms with E-state index in [0.29, 0.717) is 24.7 Å². The summed E-state index contributed by atoms with van der Waals surface area (Å²) in [5.41, 5.74) is 2.57. The van der Waals surface area contributed by atoms with Crippen LogP contribution in [0.2, 0.25) is 0 Å². The van der Waals surface area contributed by atoms with Crippen molar-refractivity contribution < 1.29 is 4.79 Å². The van der Waals surface area contributed by atoms with E-state index in [1.54, 1.807) is 0 Å². The number of hydrogen-bond donors (Lipinski definition) is 0. The fourth-order valence-corrected chi connectivity index (χ4v) is 2.25. The molecule has 1 aliphatic heterocycles. The van der Waals surface area contributed by atoms with Gasteiger partial charge >= 0.3 is 0 Å².